The van der Waals surface area contributed by atoms with Crippen molar-refractivity contribution >= 4 is 54.8 Å². The largest absolute Gasteiger partial charge is 0.481 e. The second-order valence-electron chi connectivity index (χ2n) is 6.50. The fourth-order valence-corrected chi connectivity index (χ4v) is 4.51. The molecule has 0 radical (unpaired) electrons. The molecule has 0 fully saturated rings. The van der Waals surface area contributed by atoms with Crippen molar-refractivity contribution < 1.29 is 18.3 Å². The van der Waals surface area contributed by atoms with Crippen molar-refractivity contribution in [3.8, 4) is 0 Å². The fraction of sp³-hybridized carbons (Fsp3) is 0.300. The minimum atomic E-state index is -3.71. The van der Waals surface area contributed by atoms with Crippen LogP contribution in [-0.4, -0.2) is 30.5 Å². The van der Waals surface area contributed by atoms with Crippen molar-refractivity contribution in [1.82, 2.24) is 4.72 Å². The monoisotopic (exact) mass is 498 g/mol. The maximum atomic E-state index is 12.7. The Morgan fingerprint density at radius 3 is 2.31 bits per heavy atom. The van der Waals surface area contributed by atoms with E-state index in [1.54, 1.807) is 24.3 Å². The zero-order valence-corrected chi connectivity index (χ0v) is 19.1. The first-order chi connectivity index (χ1) is 13.7. The maximum Gasteiger partial charge on any atom is 0.303 e. The topological polar surface area (TPSA) is 95.5 Å². The highest BCUT2D eigenvalue weighted by Crippen LogP contribution is 2.17. The molecule has 2 aromatic rings. The molecule has 2 aromatic carbocycles. The second-order valence-corrected chi connectivity index (χ2v) is 9.57. The molecule has 0 heterocycles. The van der Waals surface area contributed by atoms with E-state index in [9.17, 15) is 13.2 Å². The first kappa shape index (κ1) is 23.5. The summed E-state index contributed by atoms with van der Waals surface area (Å²) in [6, 6.07) is 13.1. The van der Waals surface area contributed by atoms with Gasteiger partial charge in [0, 0.05) is 16.6 Å². The van der Waals surface area contributed by atoms with Gasteiger partial charge >= 0.3 is 5.97 Å². The van der Waals surface area contributed by atoms with E-state index in [2.05, 4.69) is 26.0 Å². The van der Waals surface area contributed by atoms with Crippen LogP contribution in [0.25, 0.3) is 0 Å². The second kappa shape index (κ2) is 10.8. The molecule has 0 aliphatic heterocycles. The van der Waals surface area contributed by atoms with Gasteiger partial charge in [0.25, 0.3) is 0 Å². The number of thiocarbonyl (C=S) groups is 1. The van der Waals surface area contributed by atoms with Crippen molar-refractivity contribution in [3.05, 3.63) is 58.6 Å². The van der Waals surface area contributed by atoms with E-state index in [-0.39, 0.29) is 11.3 Å². The number of carboxylic acids is 1. The highest BCUT2D eigenvalue weighted by molar-refractivity contribution is 9.10. The number of carbonyl (C=O) groups is 1. The highest BCUT2D eigenvalue weighted by atomic mass is 79.9. The quantitative estimate of drug-likeness (QED) is 0.421. The van der Waals surface area contributed by atoms with Gasteiger partial charge < -0.3 is 10.4 Å². The SMILES string of the molecule is CCCC(NS(=O)(=O)c1ccc(Br)cc1)C(=S)Nc1ccc(CCC(=O)O)cc1. The molecule has 0 aliphatic rings. The Hall–Kier alpha value is -1.81. The Balaban J connectivity index is 2.06. The Labute approximate surface area is 184 Å². The molecule has 0 amide bonds. The van der Waals surface area contributed by atoms with Gasteiger partial charge in [0.2, 0.25) is 10.0 Å². The number of rotatable bonds is 10. The fourth-order valence-electron chi connectivity index (χ4n) is 2.64. The lowest BCUT2D eigenvalue weighted by atomic mass is 10.1. The zero-order chi connectivity index (χ0) is 21.4. The summed E-state index contributed by atoms with van der Waals surface area (Å²) >= 11 is 8.75. The molecule has 0 spiro atoms. The van der Waals surface area contributed by atoms with Crippen LogP contribution in [-0.2, 0) is 21.2 Å². The predicted octanol–water partition coefficient (Wildman–Crippen LogP) is 4.35. The van der Waals surface area contributed by atoms with Gasteiger partial charge in [-0.25, -0.2) is 13.1 Å². The van der Waals surface area contributed by atoms with E-state index in [0.717, 1.165) is 22.1 Å². The standard InChI is InChI=1S/C20H23BrN2O4S2/c1-2-3-18(23-29(26,27)17-11-7-15(21)8-12-17)20(28)22-16-9-4-14(5-10-16)6-13-19(24)25/h4-5,7-12,18,23H,2-3,6,13H2,1H3,(H,22,28)(H,24,25). The molecule has 156 valence electrons. The van der Waals surface area contributed by atoms with E-state index in [1.807, 2.05) is 19.1 Å². The number of nitrogens with one attached hydrogen (secondary N) is 2. The molecule has 29 heavy (non-hydrogen) atoms. The third kappa shape index (κ3) is 7.50. The average Bonchev–Trinajstić information content (AvgIpc) is 2.67. The van der Waals surface area contributed by atoms with E-state index in [0.29, 0.717) is 17.8 Å². The van der Waals surface area contributed by atoms with E-state index in [4.69, 9.17) is 17.3 Å². The smallest absolute Gasteiger partial charge is 0.303 e. The Morgan fingerprint density at radius 1 is 1.14 bits per heavy atom. The summed E-state index contributed by atoms with van der Waals surface area (Å²) in [5.41, 5.74) is 1.63. The summed E-state index contributed by atoms with van der Waals surface area (Å²) < 4.78 is 28.9. The Bertz CT molecular complexity index is 945. The van der Waals surface area contributed by atoms with Gasteiger partial charge in [-0.05, 0) is 54.8 Å². The third-order valence-electron chi connectivity index (χ3n) is 4.16. The van der Waals surface area contributed by atoms with E-state index < -0.39 is 22.0 Å². The van der Waals surface area contributed by atoms with Gasteiger partial charge in [-0.1, -0.05) is 53.6 Å². The van der Waals surface area contributed by atoms with Gasteiger partial charge in [-0.3, -0.25) is 4.79 Å². The Morgan fingerprint density at radius 2 is 1.76 bits per heavy atom. The van der Waals surface area contributed by atoms with Crippen molar-refractivity contribution in [2.24, 2.45) is 0 Å². The van der Waals surface area contributed by atoms with Gasteiger partial charge in [-0.2, -0.15) is 0 Å². The normalized spacial score (nSPS) is 12.3. The number of halogens is 1. The van der Waals surface area contributed by atoms with E-state index >= 15 is 0 Å². The molecule has 9 heteroatoms. The first-order valence-electron chi connectivity index (χ1n) is 9.10. The van der Waals surface area contributed by atoms with Crippen molar-refractivity contribution in [2.45, 2.75) is 43.5 Å². The van der Waals surface area contributed by atoms with Crippen molar-refractivity contribution in [1.29, 1.82) is 0 Å². The summed E-state index contributed by atoms with van der Waals surface area (Å²) in [4.78, 5) is 11.2. The molecule has 0 aromatic heterocycles. The van der Waals surface area contributed by atoms with Gasteiger partial charge in [-0.15, -0.1) is 0 Å². The number of hydrogen-bond donors (Lipinski definition) is 3. The number of sulfonamides is 1. The van der Waals surface area contributed by atoms with Crippen LogP contribution in [0, 0.1) is 0 Å². The number of carboxylic acid groups (broad SMARTS) is 1. The number of anilines is 1. The number of aliphatic carboxylic acids is 1. The van der Waals surface area contributed by atoms with Crippen molar-refractivity contribution in [2.75, 3.05) is 5.32 Å². The summed E-state index contributed by atoms with van der Waals surface area (Å²) in [7, 11) is -3.71. The molecule has 0 bridgehead atoms. The summed E-state index contributed by atoms with van der Waals surface area (Å²) in [5, 5.41) is 11.8. The zero-order valence-electron chi connectivity index (χ0n) is 15.9. The minimum Gasteiger partial charge on any atom is -0.481 e. The molecule has 0 aliphatic carbocycles. The van der Waals surface area contributed by atoms with Crippen LogP contribution < -0.4 is 10.0 Å². The lowest BCUT2D eigenvalue weighted by Crippen LogP contribution is -2.42. The predicted molar refractivity (Wildman–Crippen MR) is 122 cm³/mol. The van der Waals surface area contributed by atoms with Crippen LogP contribution in [0.15, 0.2) is 57.9 Å². The van der Waals surface area contributed by atoms with Crippen LogP contribution >= 0.6 is 28.1 Å². The molecule has 0 saturated heterocycles. The maximum absolute atomic E-state index is 12.7. The molecule has 1 unspecified atom stereocenters. The lowest BCUT2D eigenvalue weighted by molar-refractivity contribution is -0.136. The van der Waals surface area contributed by atoms with Crippen LogP contribution in [0.5, 0.6) is 0 Å². The van der Waals surface area contributed by atoms with Gasteiger partial charge in [0.05, 0.1) is 15.9 Å². The molecule has 0 saturated carbocycles. The number of hydrogen-bond acceptors (Lipinski definition) is 4. The number of benzene rings is 2. The van der Waals surface area contributed by atoms with Crippen LogP contribution in [0.1, 0.15) is 31.7 Å². The summed E-state index contributed by atoms with van der Waals surface area (Å²) in [6.45, 7) is 1.96. The minimum absolute atomic E-state index is 0.0710. The van der Waals surface area contributed by atoms with Crippen LogP contribution in [0.3, 0.4) is 0 Å². The van der Waals surface area contributed by atoms with Crippen molar-refractivity contribution in [3.63, 3.8) is 0 Å². The average molecular weight is 499 g/mol. The van der Waals surface area contributed by atoms with Crippen LogP contribution in [0.4, 0.5) is 5.69 Å². The summed E-state index contributed by atoms with van der Waals surface area (Å²) in [5.74, 6) is -0.839. The molecule has 1 atom stereocenters. The number of aryl methyl sites for hydroxylation is 1. The Kier molecular flexibility index (Phi) is 8.76. The summed E-state index contributed by atoms with van der Waals surface area (Å²) in [6.07, 6.45) is 1.83. The third-order valence-corrected chi connectivity index (χ3v) is 6.57. The molecule has 6 nitrogen and oxygen atoms in total. The lowest BCUT2D eigenvalue weighted by Gasteiger charge is -2.20. The van der Waals surface area contributed by atoms with E-state index in [1.165, 1.54) is 12.1 Å². The van der Waals surface area contributed by atoms with Gasteiger partial charge in [0.1, 0.15) is 0 Å². The van der Waals surface area contributed by atoms with Gasteiger partial charge in [0.15, 0.2) is 0 Å². The molecular formula is C20H23BrN2O4S2. The molecule has 2 rings (SSSR count). The molecule has 3 N–H and O–H groups in total. The van der Waals surface area contributed by atoms with Crippen LogP contribution in [0.2, 0.25) is 0 Å². The first-order valence-corrected chi connectivity index (χ1v) is 11.8. The molecular weight excluding hydrogens is 476 g/mol. The highest BCUT2D eigenvalue weighted by Gasteiger charge is 2.23.